The molecule has 0 radical (unpaired) electrons. The minimum absolute atomic E-state index is 0.453. The third kappa shape index (κ3) is 5.55. The van der Waals surface area contributed by atoms with Crippen LogP contribution in [0.4, 0.5) is 5.69 Å². The fraction of sp³-hybridized carbons (Fsp3) is 0.167. The zero-order chi connectivity index (χ0) is 19.6. The fourth-order valence-corrected chi connectivity index (χ4v) is 2.67. The summed E-state index contributed by atoms with van der Waals surface area (Å²) in [5.41, 5.74) is 2.13. The van der Waals surface area contributed by atoms with E-state index < -0.39 is 0 Å². The van der Waals surface area contributed by atoms with Gasteiger partial charge in [0.15, 0.2) is 11.5 Å². The molecule has 0 saturated heterocycles. The number of benzene rings is 3. The Morgan fingerprint density at radius 3 is 2.32 bits per heavy atom. The van der Waals surface area contributed by atoms with Crippen LogP contribution in [0.25, 0.3) is 0 Å². The Balaban J connectivity index is 1.60. The van der Waals surface area contributed by atoms with Crippen molar-refractivity contribution in [3.8, 4) is 23.0 Å². The van der Waals surface area contributed by atoms with Crippen molar-refractivity contribution in [1.29, 1.82) is 0 Å². The zero-order valence-corrected chi connectivity index (χ0v) is 16.1. The van der Waals surface area contributed by atoms with Crippen LogP contribution in [-0.4, -0.2) is 13.2 Å². The first-order valence-electron chi connectivity index (χ1n) is 9.34. The van der Waals surface area contributed by atoms with Crippen molar-refractivity contribution < 1.29 is 14.2 Å². The number of rotatable bonds is 10. The number of hydrogen-bond acceptors (Lipinski definition) is 4. The second-order valence-electron chi connectivity index (χ2n) is 6.11. The molecule has 0 aromatic heterocycles. The van der Waals surface area contributed by atoms with Gasteiger partial charge in [-0.1, -0.05) is 36.9 Å². The molecule has 0 saturated carbocycles. The van der Waals surface area contributed by atoms with E-state index in [9.17, 15) is 0 Å². The normalized spacial score (nSPS) is 10.2. The van der Waals surface area contributed by atoms with E-state index in [-0.39, 0.29) is 0 Å². The summed E-state index contributed by atoms with van der Waals surface area (Å²) in [4.78, 5) is 0. The highest BCUT2D eigenvalue weighted by molar-refractivity contribution is 5.49. The van der Waals surface area contributed by atoms with E-state index in [1.165, 1.54) is 0 Å². The van der Waals surface area contributed by atoms with Crippen molar-refractivity contribution in [3.63, 3.8) is 0 Å². The second kappa shape index (κ2) is 10.1. The quantitative estimate of drug-likeness (QED) is 0.438. The van der Waals surface area contributed by atoms with Crippen LogP contribution in [0.15, 0.2) is 85.5 Å². The van der Waals surface area contributed by atoms with E-state index >= 15 is 0 Å². The largest absolute Gasteiger partial charge is 0.490 e. The Kier molecular flexibility index (Phi) is 6.96. The van der Waals surface area contributed by atoms with Gasteiger partial charge in [-0.15, -0.1) is 0 Å². The highest BCUT2D eigenvalue weighted by atomic mass is 16.5. The van der Waals surface area contributed by atoms with Crippen molar-refractivity contribution in [1.82, 2.24) is 0 Å². The van der Waals surface area contributed by atoms with Crippen molar-refractivity contribution >= 4 is 5.69 Å². The van der Waals surface area contributed by atoms with Gasteiger partial charge in [0.25, 0.3) is 0 Å². The van der Waals surface area contributed by atoms with Gasteiger partial charge >= 0.3 is 0 Å². The van der Waals surface area contributed by atoms with E-state index in [0.29, 0.717) is 19.8 Å². The lowest BCUT2D eigenvalue weighted by Crippen LogP contribution is -2.03. The van der Waals surface area contributed by atoms with Crippen molar-refractivity contribution in [2.75, 3.05) is 18.5 Å². The number of anilines is 1. The molecular formula is C24H25NO3. The van der Waals surface area contributed by atoms with E-state index in [2.05, 4.69) is 11.9 Å². The van der Waals surface area contributed by atoms with Gasteiger partial charge in [-0.25, -0.2) is 0 Å². The fourth-order valence-electron chi connectivity index (χ4n) is 2.67. The maximum Gasteiger partial charge on any atom is 0.161 e. The highest BCUT2D eigenvalue weighted by Crippen LogP contribution is 2.29. The van der Waals surface area contributed by atoms with Gasteiger partial charge in [0.1, 0.15) is 18.1 Å². The summed E-state index contributed by atoms with van der Waals surface area (Å²) in [6.45, 7) is 7.36. The lowest BCUT2D eigenvalue weighted by Gasteiger charge is -2.13. The summed E-state index contributed by atoms with van der Waals surface area (Å²) < 4.78 is 17.2. The summed E-state index contributed by atoms with van der Waals surface area (Å²) in [7, 11) is 0. The molecule has 0 aliphatic heterocycles. The zero-order valence-electron chi connectivity index (χ0n) is 16.1. The van der Waals surface area contributed by atoms with E-state index in [4.69, 9.17) is 14.2 Å². The Bertz CT molecular complexity index is 876. The van der Waals surface area contributed by atoms with E-state index in [0.717, 1.165) is 34.2 Å². The maximum absolute atomic E-state index is 5.82. The van der Waals surface area contributed by atoms with Gasteiger partial charge in [0, 0.05) is 12.2 Å². The minimum Gasteiger partial charge on any atom is -0.490 e. The molecule has 4 nitrogen and oxygen atoms in total. The molecule has 144 valence electrons. The maximum atomic E-state index is 5.82. The van der Waals surface area contributed by atoms with E-state index in [1.807, 2.05) is 79.7 Å². The van der Waals surface area contributed by atoms with Gasteiger partial charge < -0.3 is 19.5 Å². The van der Waals surface area contributed by atoms with Crippen molar-refractivity contribution in [3.05, 3.63) is 91.0 Å². The molecule has 0 spiro atoms. The summed E-state index contributed by atoms with van der Waals surface area (Å²) in [5, 5.41) is 3.42. The summed E-state index contributed by atoms with van der Waals surface area (Å²) in [6.07, 6.45) is 1.72. The average Bonchev–Trinajstić information content (AvgIpc) is 2.73. The lowest BCUT2D eigenvalue weighted by atomic mass is 10.2. The molecular weight excluding hydrogens is 350 g/mol. The van der Waals surface area contributed by atoms with Crippen LogP contribution >= 0.6 is 0 Å². The van der Waals surface area contributed by atoms with Crippen LogP contribution in [0.3, 0.4) is 0 Å². The summed E-state index contributed by atoms with van der Waals surface area (Å²) in [6, 6.07) is 23.6. The highest BCUT2D eigenvalue weighted by Gasteiger charge is 2.06. The monoisotopic (exact) mass is 375 g/mol. The Hall–Kier alpha value is -3.40. The predicted octanol–water partition coefficient (Wildman–Crippen LogP) is 6.05. The van der Waals surface area contributed by atoms with Crippen LogP contribution in [0, 0.1) is 0 Å². The average molecular weight is 375 g/mol. The molecule has 1 N–H and O–H groups in total. The van der Waals surface area contributed by atoms with Crippen LogP contribution in [0.1, 0.15) is 12.5 Å². The Labute approximate surface area is 166 Å². The molecule has 0 atom stereocenters. The van der Waals surface area contributed by atoms with Crippen LogP contribution in [0.2, 0.25) is 0 Å². The number of hydrogen-bond donors (Lipinski definition) is 1. The summed E-state index contributed by atoms with van der Waals surface area (Å²) in [5.74, 6) is 3.10. The molecule has 3 rings (SSSR count). The Morgan fingerprint density at radius 2 is 1.61 bits per heavy atom. The standard InChI is InChI=1S/C24H25NO3/c1-3-16-27-23-15-10-19(17-24(23)26-4-2)18-25-20-11-13-22(14-12-20)28-21-8-6-5-7-9-21/h3,5-15,17,25H,1,4,16,18H2,2H3. The Morgan fingerprint density at radius 1 is 0.857 bits per heavy atom. The smallest absolute Gasteiger partial charge is 0.161 e. The first-order chi connectivity index (χ1) is 13.8. The van der Waals surface area contributed by atoms with Gasteiger partial charge in [-0.2, -0.15) is 0 Å². The van der Waals surface area contributed by atoms with Crippen LogP contribution in [-0.2, 0) is 6.54 Å². The van der Waals surface area contributed by atoms with Gasteiger partial charge in [0.05, 0.1) is 6.61 Å². The molecule has 0 aliphatic carbocycles. The second-order valence-corrected chi connectivity index (χ2v) is 6.11. The molecule has 0 bridgehead atoms. The molecule has 3 aromatic carbocycles. The molecule has 3 aromatic rings. The third-order valence-corrected chi connectivity index (χ3v) is 3.99. The third-order valence-electron chi connectivity index (χ3n) is 3.99. The first-order valence-corrected chi connectivity index (χ1v) is 9.34. The predicted molar refractivity (Wildman–Crippen MR) is 114 cm³/mol. The van der Waals surface area contributed by atoms with E-state index in [1.54, 1.807) is 6.08 Å². The van der Waals surface area contributed by atoms with Crippen LogP contribution in [0.5, 0.6) is 23.0 Å². The minimum atomic E-state index is 0.453. The SMILES string of the molecule is C=CCOc1ccc(CNc2ccc(Oc3ccccc3)cc2)cc1OCC. The number of ether oxygens (including phenoxy) is 3. The van der Waals surface area contributed by atoms with Crippen LogP contribution < -0.4 is 19.5 Å². The first kappa shape index (κ1) is 19.4. The number of para-hydroxylation sites is 1. The van der Waals surface area contributed by atoms with Gasteiger partial charge in [-0.3, -0.25) is 0 Å². The lowest BCUT2D eigenvalue weighted by molar-refractivity contribution is 0.296. The summed E-state index contributed by atoms with van der Waals surface area (Å²) >= 11 is 0. The molecule has 0 amide bonds. The topological polar surface area (TPSA) is 39.7 Å². The van der Waals surface area contributed by atoms with Gasteiger partial charge in [0.2, 0.25) is 0 Å². The molecule has 0 heterocycles. The molecule has 0 fully saturated rings. The molecule has 0 unspecified atom stereocenters. The molecule has 0 aliphatic rings. The van der Waals surface area contributed by atoms with Crippen molar-refractivity contribution in [2.45, 2.75) is 13.5 Å². The molecule has 4 heteroatoms. The number of nitrogens with one attached hydrogen (secondary N) is 1. The van der Waals surface area contributed by atoms with Crippen molar-refractivity contribution in [2.24, 2.45) is 0 Å². The molecule has 28 heavy (non-hydrogen) atoms. The van der Waals surface area contributed by atoms with Gasteiger partial charge in [-0.05, 0) is 61.0 Å².